The smallest absolute Gasteiger partial charge is 0.404 e. The summed E-state index contributed by atoms with van der Waals surface area (Å²) < 4.78 is 18.0. The van der Waals surface area contributed by atoms with Crippen LogP contribution < -0.4 is 11.5 Å². The Morgan fingerprint density at radius 1 is 1.39 bits per heavy atom. The zero-order valence-electron chi connectivity index (χ0n) is 9.43. The Bertz CT molecular complexity index is 464. The molecule has 1 aromatic carbocycles. The molecule has 0 fully saturated rings. The van der Waals surface area contributed by atoms with Crippen LogP contribution in [0.2, 0.25) is 0 Å². The highest BCUT2D eigenvalue weighted by Crippen LogP contribution is 2.12. The normalized spacial score (nSPS) is 11.9. The zero-order chi connectivity index (χ0) is 13.7. The monoisotopic (exact) mass is 256 g/mol. The van der Waals surface area contributed by atoms with Crippen molar-refractivity contribution in [1.29, 1.82) is 0 Å². The first-order valence-electron chi connectivity index (χ1n) is 5.09. The number of hydrogen-bond acceptors (Lipinski definition) is 4. The van der Waals surface area contributed by atoms with Crippen molar-refractivity contribution >= 4 is 12.0 Å². The molecule has 7 heteroatoms. The molecular weight excluding hydrogens is 243 g/mol. The third kappa shape index (κ3) is 3.70. The number of carbonyl (C=O) groups excluding carboxylic acids is 2. The van der Waals surface area contributed by atoms with E-state index in [9.17, 15) is 14.0 Å². The van der Waals surface area contributed by atoms with Crippen molar-refractivity contribution in [3.8, 4) is 0 Å². The number of benzene rings is 1. The molecule has 0 spiro atoms. The van der Waals surface area contributed by atoms with Crippen LogP contribution in [-0.4, -0.2) is 29.8 Å². The molecule has 1 unspecified atom stereocenters. The molecule has 18 heavy (non-hydrogen) atoms. The van der Waals surface area contributed by atoms with Crippen LogP contribution in [0, 0.1) is 5.82 Å². The first-order valence-corrected chi connectivity index (χ1v) is 5.09. The predicted molar refractivity (Wildman–Crippen MR) is 60.2 cm³/mol. The number of carbonyl (C=O) groups is 2. The van der Waals surface area contributed by atoms with Crippen LogP contribution in [0.3, 0.4) is 0 Å². The number of nitrogens with two attached hydrogens (primary N) is 2. The first-order chi connectivity index (χ1) is 8.43. The second-order valence-electron chi connectivity index (χ2n) is 3.62. The minimum atomic E-state index is -1.02. The van der Waals surface area contributed by atoms with E-state index in [0.717, 1.165) is 6.07 Å². The van der Waals surface area contributed by atoms with Gasteiger partial charge in [0.05, 0.1) is 12.2 Å². The lowest BCUT2D eigenvalue weighted by Gasteiger charge is -2.14. The van der Waals surface area contributed by atoms with Crippen molar-refractivity contribution in [3.63, 3.8) is 0 Å². The van der Waals surface area contributed by atoms with Crippen molar-refractivity contribution in [2.45, 2.75) is 12.5 Å². The second-order valence-corrected chi connectivity index (χ2v) is 3.62. The van der Waals surface area contributed by atoms with E-state index in [0.29, 0.717) is 5.56 Å². The SMILES string of the molecule is NC(=O)OC(CO)Cc1ccc(C(N)=O)c(F)c1. The lowest BCUT2D eigenvalue weighted by molar-refractivity contribution is 0.0639. The third-order valence-corrected chi connectivity index (χ3v) is 2.25. The Kier molecular flexibility index (Phi) is 4.61. The molecule has 0 aromatic heterocycles. The van der Waals surface area contributed by atoms with Crippen LogP contribution in [0.25, 0.3) is 0 Å². The van der Waals surface area contributed by atoms with Gasteiger partial charge in [0, 0.05) is 6.42 Å². The van der Waals surface area contributed by atoms with Crippen molar-refractivity contribution < 1.29 is 23.8 Å². The van der Waals surface area contributed by atoms with E-state index in [2.05, 4.69) is 4.74 Å². The molecule has 1 aromatic rings. The fourth-order valence-corrected chi connectivity index (χ4v) is 1.46. The van der Waals surface area contributed by atoms with E-state index >= 15 is 0 Å². The summed E-state index contributed by atoms with van der Waals surface area (Å²) in [6.45, 7) is -0.442. The van der Waals surface area contributed by atoms with Gasteiger partial charge in [-0.2, -0.15) is 0 Å². The molecule has 0 aliphatic carbocycles. The topological polar surface area (TPSA) is 116 Å². The maximum atomic E-state index is 13.4. The molecule has 0 bridgehead atoms. The Hall–Kier alpha value is -2.15. The summed E-state index contributed by atoms with van der Waals surface area (Å²) >= 11 is 0. The van der Waals surface area contributed by atoms with E-state index in [4.69, 9.17) is 16.6 Å². The van der Waals surface area contributed by atoms with E-state index in [-0.39, 0.29) is 12.0 Å². The minimum absolute atomic E-state index is 0.0788. The van der Waals surface area contributed by atoms with Crippen LogP contribution in [0.1, 0.15) is 15.9 Å². The predicted octanol–water partition coefficient (Wildman–Crippen LogP) is -0.0767. The van der Waals surface area contributed by atoms with E-state index in [1.807, 2.05) is 0 Å². The molecular formula is C11H13FN2O4. The Labute approximate surface area is 102 Å². The van der Waals surface area contributed by atoms with E-state index < -0.39 is 30.5 Å². The van der Waals surface area contributed by atoms with Crippen molar-refractivity contribution in [2.24, 2.45) is 11.5 Å². The number of rotatable bonds is 5. The summed E-state index contributed by atoms with van der Waals surface area (Å²) in [5, 5.41) is 8.95. The van der Waals surface area contributed by atoms with Gasteiger partial charge in [0.1, 0.15) is 11.9 Å². The number of hydrogen-bond donors (Lipinski definition) is 3. The maximum Gasteiger partial charge on any atom is 0.404 e. The molecule has 98 valence electrons. The Morgan fingerprint density at radius 3 is 2.50 bits per heavy atom. The number of aliphatic hydroxyl groups is 1. The quantitative estimate of drug-likeness (QED) is 0.683. The van der Waals surface area contributed by atoms with Gasteiger partial charge in [-0.1, -0.05) is 6.07 Å². The van der Waals surface area contributed by atoms with Gasteiger partial charge >= 0.3 is 6.09 Å². The summed E-state index contributed by atoms with van der Waals surface area (Å²) in [6.07, 6.45) is -1.81. The van der Waals surface area contributed by atoms with Gasteiger partial charge in [0.2, 0.25) is 0 Å². The lowest BCUT2D eigenvalue weighted by Crippen LogP contribution is -2.27. The zero-order valence-corrected chi connectivity index (χ0v) is 9.43. The van der Waals surface area contributed by atoms with Crippen LogP contribution in [0.5, 0.6) is 0 Å². The van der Waals surface area contributed by atoms with Gasteiger partial charge < -0.3 is 21.3 Å². The number of primary amides is 2. The average Bonchev–Trinajstić information content (AvgIpc) is 2.27. The van der Waals surface area contributed by atoms with Crippen LogP contribution in [0.15, 0.2) is 18.2 Å². The maximum absolute atomic E-state index is 13.4. The summed E-state index contributed by atoms with van der Waals surface area (Å²) in [6, 6.07) is 3.77. The molecule has 1 rings (SSSR count). The highest BCUT2D eigenvalue weighted by atomic mass is 19.1. The molecule has 0 radical (unpaired) electrons. The van der Waals surface area contributed by atoms with Crippen molar-refractivity contribution in [3.05, 3.63) is 35.1 Å². The van der Waals surface area contributed by atoms with Gasteiger partial charge in [0.15, 0.2) is 0 Å². The molecule has 0 aliphatic rings. The number of halogens is 1. The van der Waals surface area contributed by atoms with E-state index in [1.54, 1.807) is 0 Å². The molecule has 0 saturated carbocycles. The highest BCUT2D eigenvalue weighted by molar-refractivity contribution is 5.93. The van der Waals surface area contributed by atoms with Gasteiger partial charge in [-0.15, -0.1) is 0 Å². The summed E-state index contributed by atoms with van der Waals surface area (Å²) in [5.74, 6) is -1.64. The molecule has 2 amide bonds. The highest BCUT2D eigenvalue weighted by Gasteiger charge is 2.14. The molecule has 0 aliphatic heterocycles. The molecule has 6 nitrogen and oxygen atoms in total. The average molecular weight is 256 g/mol. The third-order valence-electron chi connectivity index (χ3n) is 2.25. The lowest BCUT2D eigenvalue weighted by atomic mass is 10.1. The largest absolute Gasteiger partial charge is 0.444 e. The first kappa shape index (κ1) is 13.9. The number of ether oxygens (including phenoxy) is 1. The van der Waals surface area contributed by atoms with Crippen LogP contribution >= 0.6 is 0 Å². The van der Waals surface area contributed by atoms with Gasteiger partial charge in [-0.3, -0.25) is 4.79 Å². The van der Waals surface area contributed by atoms with Gasteiger partial charge in [-0.05, 0) is 17.7 Å². The second kappa shape index (κ2) is 5.97. The summed E-state index contributed by atoms with van der Waals surface area (Å²) in [7, 11) is 0. The number of aliphatic hydroxyl groups excluding tert-OH is 1. The van der Waals surface area contributed by atoms with Crippen molar-refractivity contribution in [1.82, 2.24) is 0 Å². The molecule has 5 N–H and O–H groups in total. The standard InChI is InChI=1S/C11H13FN2O4/c12-9-4-6(1-2-8(9)10(13)16)3-7(5-15)18-11(14)17/h1-2,4,7,15H,3,5H2,(H2,13,16)(H2,14,17). The minimum Gasteiger partial charge on any atom is -0.444 e. The number of amides is 2. The molecule has 1 atom stereocenters. The fourth-order valence-electron chi connectivity index (χ4n) is 1.46. The fraction of sp³-hybridized carbons (Fsp3) is 0.273. The van der Waals surface area contributed by atoms with Crippen molar-refractivity contribution in [2.75, 3.05) is 6.61 Å². The summed E-state index contributed by atoms with van der Waals surface area (Å²) in [5.41, 5.74) is 9.98. The Morgan fingerprint density at radius 2 is 2.06 bits per heavy atom. The van der Waals surface area contributed by atoms with Gasteiger partial charge in [0.25, 0.3) is 5.91 Å². The van der Waals surface area contributed by atoms with Gasteiger partial charge in [-0.25, -0.2) is 9.18 Å². The van der Waals surface area contributed by atoms with E-state index in [1.165, 1.54) is 12.1 Å². The molecule has 0 saturated heterocycles. The molecule has 0 heterocycles. The van der Waals surface area contributed by atoms with Crippen LogP contribution in [0.4, 0.5) is 9.18 Å². The summed E-state index contributed by atoms with van der Waals surface area (Å²) in [4.78, 5) is 21.3. The Balaban J connectivity index is 2.81. The van der Waals surface area contributed by atoms with Crippen LogP contribution in [-0.2, 0) is 11.2 Å².